The molecule has 1 aromatic carbocycles. The van der Waals surface area contributed by atoms with Crippen molar-refractivity contribution in [3.05, 3.63) is 24.3 Å². The van der Waals surface area contributed by atoms with Gasteiger partial charge in [0.05, 0.1) is 10.6 Å². The molecule has 0 aliphatic rings. The first-order valence-electron chi connectivity index (χ1n) is 6.41. The van der Waals surface area contributed by atoms with Crippen molar-refractivity contribution < 1.29 is 25.9 Å². The molecule has 0 aromatic heterocycles. The molecule has 2 N–H and O–H groups in total. The first-order valence-corrected chi connectivity index (χ1v) is 9.46. The van der Waals surface area contributed by atoms with E-state index < -0.39 is 20.2 Å². The molecule has 0 radical (unpaired) electrons. The molecule has 21 heavy (non-hydrogen) atoms. The summed E-state index contributed by atoms with van der Waals surface area (Å²) in [6, 6.07) is 5.79. The van der Waals surface area contributed by atoms with Crippen LogP contribution in [0, 0.1) is 0 Å². The number of rotatable bonds is 8. The van der Waals surface area contributed by atoms with Gasteiger partial charge in [0.2, 0.25) is 0 Å². The van der Waals surface area contributed by atoms with Crippen LogP contribution in [0.25, 0.3) is 0 Å². The van der Waals surface area contributed by atoms with Gasteiger partial charge in [0.15, 0.2) is 0 Å². The van der Waals surface area contributed by atoms with E-state index in [1.165, 1.54) is 18.2 Å². The van der Waals surface area contributed by atoms with Crippen LogP contribution >= 0.6 is 0 Å². The van der Waals surface area contributed by atoms with Gasteiger partial charge in [-0.2, -0.15) is 16.8 Å². The van der Waals surface area contributed by atoms with Crippen molar-refractivity contribution in [3.8, 4) is 0 Å². The molecule has 0 heterocycles. The van der Waals surface area contributed by atoms with Crippen LogP contribution in [0.3, 0.4) is 0 Å². The zero-order valence-electron chi connectivity index (χ0n) is 11.6. The number of hydrogen-bond donors (Lipinski definition) is 2. The van der Waals surface area contributed by atoms with Gasteiger partial charge in [-0.15, -0.1) is 0 Å². The summed E-state index contributed by atoms with van der Waals surface area (Å²) in [4.78, 5) is 1.59. The highest BCUT2D eigenvalue weighted by molar-refractivity contribution is 7.86. The third-order valence-corrected chi connectivity index (χ3v) is 4.46. The Balaban J connectivity index is 2.90. The Labute approximate surface area is 125 Å². The van der Waals surface area contributed by atoms with Gasteiger partial charge in [0.25, 0.3) is 20.2 Å². The third-order valence-electron chi connectivity index (χ3n) is 2.80. The van der Waals surface area contributed by atoms with Crippen molar-refractivity contribution >= 4 is 25.9 Å². The van der Waals surface area contributed by atoms with Crippen LogP contribution in [0.5, 0.6) is 0 Å². The standard InChI is InChI=1S/C12H19NO6S2/c1-2-7-13(8-4-9-20(14,15)16)11-5-3-6-12(10-11)21(17,18)19/h3,5-6,10H,2,4,7-9H2,1H3,(H,14,15,16)(H,17,18,19). The van der Waals surface area contributed by atoms with Gasteiger partial charge >= 0.3 is 0 Å². The molecular weight excluding hydrogens is 318 g/mol. The highest BCUT2D eigenvalue weighted by Gasteiger charge is 2.13. The predicted molar refractivity (Wildman–Crippen MR) is 79.8 cm³/mol. The van der Waals surface area contributed by atoms with Gasteiger partial charge < -0.3 is 4.90 Å². The Hall–Kier alpha value is -1.16. The molecule has 9 heteroatoms. The van der Waals surface area contributed by atoms with E-state index in [2.05, 4.69) is 0 Å². The molecule has 0 unspecified atom stereocenters. The van der Waals surface area contributed by atoms with E-state index in [1.54, 1.807) is 11.0 Å². The van der Waals surface area contributed by atoms with E-state index in [9.17, 15) is 16.8 Å². The average molecular weight is 337 g/mol. The lowest BCUT2D eigenvalue weighted by molar-refractivity contribution is 0.480. The summed E-state index contributed by atoms with van der Waals surface area (Å²) in [6.07, 6.45) is 0.997. The van der Waals surface area contributed by atoms with E-state index in [0.29, 0.717) is 18.8 Å². The van der Waals surface area contributed by atoms with Gasteiger partial charge in [0.1, 0.15) is 0 Å². The molecule has 0 aliphatic carbocycles. The van der Waals surface area contributed by atoms with Crippen molar-refractivity contribution in [1.82, 2.24) is 0 Å². The summed E-state index contributed by atoms with van der Waals surface area (Å²) in [5, 5.41) is 0. The topological polar surface area (TPSA) is 112 Å². The van der Waals surface area contributed by atoms with E-state index in [-0.39, 0.29) is 17.1 Å². The monoisotopic (exact) mass is 337 g/mol. The van der Waals surface area contributed by atoms with E-state index >= 15 is 0 Å². The molecule has 120 valence electrons. The van der Waals surface area contributed by atoms with Crippen LogP contribution in [-0.4, -0.2) is 44.8 Å². The maximum Gasteiger partial charge on any atom is 0.294 e. The first-order chi connectivity index (χ1) is 9.63. The summed E-state index contributed by atoms with van der Waals surface area (Å²) >= 11 is 0. The summed E-state index contributed by atoms with van der Waals surface area (Å²) in [7, 11) is -8.29. The van der Waals surface area contributed by atoms with Crippen molar-refractivity contribution in [2.24, 2.45) is 0 Å². The van der Waals surface area contributed by atoms with Crippen LogP contribution < -0.4 is 4.90 Å². The Morgan fingerprint density at radius 1 is 1.10 bits per heavy atom. The molecule has 7 nitrogen and oxygen atoms in total. The predicted octanol–water partition coefficient (Wildman–Crippen LogP) is 1.43. The molecule has 0 atom stereocenters. The molecule has 0 saturated carbocycles. The number of nitrogens with zero attached hydrogens (tertiary/aromatic N) is 1. The third kappa shape index (κ3) is 6.42. The normalized spacial score (nSPS) is 12.3. The van der Waals surface area contributed by atoms with E-state index in [0.717, 1.165) is 6.42 Å². The van der Waals surface area contributed by atoms with Crippen molar-refractivity contribution in [1.29, 1.82) is 0 Å². The van der Waals surface area contributed by atoms with Gasteiger partial charge in [-0.25, -0.2) is 0 Å². The summed E-state index contributed by atoms with van der Waals surface area (Å²) in [6.45, 7) is 2.88. The Bertz CT molecular complexity index is 669. The maximum absolute atomic E-state index is 11.1. The molecular formula is C12H19NO6S2. The van der Waals surface area contributed by atoms with Crippen LogP contribution in [0.4, 0.5) is 5.69 Å². The van der Waals surface area contributed by atoms with E-state index in [1.807, 2.05) is 6.92 Å². The second-order valence-electron chi connectivity index (χ2n) is 4.60. The number of benzene rings is 1. The molecule has 0 amide bonds. The van der Waals surface area contributed by atoms with Crippen LogP contribution in [0.2, 0.25) is 0 Å². The van der Waals surface area contributed by atoms with Crippen LogP contribution in [-0.2, 0) is 20.2 Å². The quantitative estimate of drug-likeness (QED) is 0.690. The fraction of sp³-hybridized carbons (Fsp3) is 0.500. The SMILES string of the molecule is CCCN(CCCS(=O)(=O)O)c1cccc(S(=O)(=O)O)c1. The van der Waals surface area contributed by atoms with Gasteiger partial charge in [-0.05, 0) is 31.0 Å². The second kappa shape index (κ2) is 7.21. The fourth-order valence-electron chi connectivity index (χ4n) is 1.92. The minimum Gasteiger partial charge on any atom is -0.371 e. The van der Waals surface area contributed by atoms with Gasteiger partial charge in [0, 0.05) is 18.8 Å². The molecule has 1 aromatic rings. The molecule has 0 bridgehead atoms. The second-order valence-corrected chi connectivity index (χ2v) is 7.59. The number of hydrogen-bond acceptors (Lipinski definition) is 5. The lowest BCUT2D eigenvalue weighted by Crippen LogP contribution is -2.27. The Morgan fingerprint density at radius 2 is 1.76 bits per heavy atom. The van der Waals surface area contributed by atoms with E-state index in [4.69, 9.17) is 9.11 Å². The molecule has 0 saturated heterocycles. The van der Waals surface area contributed by atoms with Crippen LogP contribution in [0.15, 0.2) is 29.2 Å². The molecule has 0 aliphatic heterocycles. The van der Waals surface area contributed by atoms with Gasteiger partial charge in [-0.1, -0.05) is 13.0 Å². The summed E-state index contributed by atoms with van der Waals surface area (Å²) < 4.78 is 61.5. The smallest absolute Gasteiger partial charge is 0.294 e. The van der Waals surface area contributed by atoms with Crippen molar-refractivity contribution in [3.63, 3.8) is 0 Å². The minimum absolute atomic E-state index is 0.212. The zero-order valence-corrected chi connectivity index (χ0v) is 13.3. The van der Waals surface area contributed by atoms with Crippen molar-refractivity contribution in [2.75, 3.05) is 23.7 Å². The first kappa shape index (κ1) is 17.9. The lowest BCUT2D eigenvalue weighted by atomic mass is 10.2. The average Bonchev–Trinajstić information content (AvgIpc) is 2.35. The zero-order chi connectivity index (χ0) is 16.1. The fourth-order valence-corrected chi connectivity index (χ4v) is 2.93. The summed E-state index contributed by atoms with van der Waals surface area (Å²) in [5.41, 5.74) is 0.572. The Morgan fingerprint density at radius 3 is 2.29 bits per heavy atom. The summed E-state index contributed by atoms with van der Waals surface area (Å²) in [5.74, 6) is -0.356. The highest BCUT2D eigenvalue weighted by Crippen LogP contribution is 2.20. The molecule has 0 fully saturated rings. The largest absolute Gasteiger partial charge is 0.371 e. The highest BCUT2D eigenvalue weighted by atomic mass is 32.2. The molecule has 1 rings (SSSR count). The van der Waals surface area contributed by atoms with Crippen LogP contribution in [0.1, 0.15) is 19.8 Å². The van der Waals surface area contributed by atoms with Gasteiger partial charge in [-0.3, -0.25) is 9.11 Å². The minimum atomic E-state index is -4.28. The Kier molecular flexibility index (Phi) is 6.14. The van der Waals surface area contributed by atoms with Crippen molar-refractivity contribution in [2.45, 2.75) is 24.7 Å². The molecule has 0 spiro atoms. The maximum atomic E-state index is 11.1. The lowest BCUT2D eigenvalue weighted by Gasteiger charge is -2.24. The number of anilines is 1.